The third-order valence-corrected chi connectivity index (χ3v) is 9.42. The van der Waals surface area contributed by atoms with Crippen molar-refractivity contribution in [2.75, 3.05) is 6.54 Å². The van der Waals surface area contributed by atoms with E-state index in [9.17, 15) is 19.5 Å². The Morgan fingerprint density at radius 2 is 0.915 bits per heavy atom. The van der Waals surface area contributed by atoms with Gasteiger partial charge in [-0.1, -0.05) is 155 Å². The van der Waals surface area contributed by atoms with Gasteiger partial charge in [-0.15, -0.1) is 0 Å². The molecule has 0 radical (unpaired) electrons. The van der Waals surface area contributed by atoms with Crippen LogP contribution >= 0.6 is 0 Å². The first-order valence-corrected chi connectivity index (χ1v) is 20.4. The van der Waals surface area contributed by atoms with Gasteiger partial charge in [0.05, 0.1) is 0 Å². The van der Waals surface area contributed by atoms with Crippen LogP contribution in [0.2, 0.25) is 0 Å². The summed E-state index contributed by atoms with van der Waals surface area (Å²) in [5.41, 5.74) is 5.47. The van der Waals surface area contributed by atoms with Gasteiger partial charge >= 0.3 is 11.9 Å². The SMILES string of the molecule is CCCCCCCCCCCCCC(CCCCCCCC(=O)NC(CCCN)C(=O)O)OC(=O)CCCCCCCCCCCC. The average Bonchev–Trinajstić information content (AvgIpc) is 3.05. The van der Waals surface area contributed by atoms with E-state index >= 15 is 0 Å². The molecular formula is C40H78N2O5. The Hall–Kier alpha value is -1.63. The molecule has 0 aromatic rings. The zero-order valence-electron chi connectivity index (χ0n) is 31.1. The highest BCUT2D eigenvalue weighted by Crippen LogP contribution is 2.19. The van der Waals surface area contributed by atoms with Crippen LogP contribution in [-0.2, 0) is 19.1 Å². The summed E-state index contributed by atoms with van der Waals surface area (Å²) in [6.07, 6.45) is 35.7. The van der Waals surface area contributed by atoms with Crippen LogP contribution in [0, 0.1) is 0 Å². The van der Waals surface area contributed by atoms with Gasteiger partial charge in [-0.3, -0.25) is 9.59 Å². The van der Waals surface area contributed by atoms with E-state index in [1.165, 1.54) is 116 Å². The largest absolute Gasteiger partial charge is 0.480 e. The smallest absolute Gasteiger partial charge is 0.326 e. The molecule has 0 spiro atoms. The predicted molar refractivity (Wildman–Crippen MR) is 198 cm³/mol. The normalized spacial score (nSPS) is 12.6. The van der Waals surface area contributed by atoms with Crippen molar-refractivity contribution in [2.24, 2.45) is 5.73 Å². The quantitative estimate of drug-likeness (QED) is 0.0448. The number of aliphatic carboxylic acids is 1. The summed E-state index contributed by atoms with van der Waals surface area (Å²) in [6, 6.07) is -0.851. The number of nitrogens with two attached hydrogens (primary N) is 1. The monoisotopic (exact) mass is 667 g/mol. The number of esters is 1. The van der Waals surface area contributed by atoms with Gasteiger partial charge in [0.2, 0.25) is 5.91 Å². The second-order valence-electron chi connectivity index (χ2n) is 14.1. The Morgan fingerprint density at radius 3 is 1.32 bits per heavy atom. The fourth-order valence-corrected chi connectivity index (χ4v) is 6.33. The molecule has 2 atom stereocenters. The minimum atomic E-state index is -1.00. The summed E-state index contributed by atoms with van der Waals surface area (Å²) in [7, 11) is 0. The number of ether oxygens (including phenoxy) is 1. The third kappa shape index (κ3) is 32.7. The van der Waals surface area contributed by atoms with Crippen LogP contribution in [-0.4, -0.2) is 41.6 Å². The van der Waals surface area contributed by atoms with Crippen molar-refractivity contribution in [2.45, 2.75) is 231 Å². The number of nitrogens with one attached hydrogen (secondary N) is 1. The maximum absolute atomic E-state index is 12.7. The number of carboxylic acids is 1. The Balaban J connectivity index is 4.29. The number of carbonyl (C=O) groups excluding carboxylic acids is 2. The Labute approximate surface area is 290 Å². The number of unbranched alkanes of at least 4 members (excludes halogenated alkanes) is 23. The van der Waals surface area contributed by atoms with E-state index < -0.39 is 12.0 Å². The maximum atomic E-state index is 12.7. The zero-order chi connectivity index (χ0) is 34.6. The predicted octanol–water partition coefficient (Wildman–Crippen LogP) is 10.9. The van der Waals surface area contributed by atoms with E-state index in [-0.39, 0.29) is 18.0 Å². The summed E-state index contributed by atoms with van der Waals surface area (Å²) >= 11 is 0. The molecule has 0 aliphatic heterocycles. The van der Waals surface area contributed by atoms with Crippen molar-refractivity contribution in [1.29, 1.82) is 0 Å². The van der Waals surface area contributed by atoms with Gasteiger partial charge in [-0.2, -0.15) is 0 Å². The van der Waals surface area contributed by atoms with Crippen LogP contribution in [0.1, 0.15) is 219 Å². The minimum Gasteiger partial charge on any atom is -0.480 e. The lowest BCUT2D eigenvalue weighted by atomic mass is 10.0. The number of hydrogen-bond donors (Lipinski definition) is 3. The molecule has 0 aromatic heterocycles. The van der Waals surface area contributed by atoms with E-state index in [4.69, 9.17) is 10.5 Å². The highest BCUT2D eigenvalue weighted by Gasteiger charge is 2.19. The van der Waals surface area contributed by atoms with Crippen molar-refractivity contribution in [1.82, 2.24) is 5.32 Å². The molecular weight excluding hydrogens is 588 g/mol. The van der Waals surface area contributed by atoms with Gasteiger partial charge in [0.25, 0.3) is 0 Å². The van der Waals surface area contributed by atoms with E-state index in [2.05, 4.69) is 19.2 Å². The second-order valence-corrected chi connectivity index (χ2v) is 14.1. The van der Waals surface area contributed by atoms with Crippen LogP contribution < -0.4 is 11.1 Å². The van der Waals surface area contributed by atoms with Gasteiger partial charge < -0.3 is 20.9 Å². The summed E-state index contributed by atoms with van der Waals surface area (Å²) in [5.74, 6) is -1.22. The summed E-state index contributed by atoms with van der Waals surface area (Å²) in [6.45, 7) is 4.94. The molecule has 1 amide bonds. The highest BCUT2D eigenvalue weighted by atomic mass is 16.5. The summed E-state index contributed by atoms with van der Waals surface area (Å²) in [4.78, 5) is 36.2. The fourth-order valence-electron chi connectivity index (χ4n) is 6.33. The van der Waals surface area contributed by atoms with Crippen LogP contribution in [0.5, 0.6) is 0 Å². The Bertz CT molecular complexity index is 717. The van der Waals surface area contributed by atoms with Gasteiger partial charge in [-0.05, 0) is 57.9 Å². The average molecular weight is 667 g/mol. The maximum Gasteiger partial charge on any atom is 0.326 e. The van der Waals surface area contributed by atoms with E-state index in [0.717, 1.165) is 64.2 Å². The molecule has 4 N–H and O–H groups in total. The molecule has 0 aliphatic rings. The van der Waals surface area contributed by atoms with Crippen LogP contribution in [0.4, 0.5) is 0 Å². The molecule has 0 aliphatic carbocycles. The first-order chi connectivity index (χ1) is 22.9. The Kier molecular flexibility index (Phi) is 34.4. The van der Waals surface area contributed by atoms with Crippen molar-refractivity contribution in [3.05, 3.63) is 0 Å². The number of carbonyl (C=O) groups is 3. The molecule has 0 bridgehead atoms. The number of rotatable bonds is 37. The standard InChI is InChI=1S/C40H78N2O5/c1-3-5-7-9-11-13-15-16-18-21-25-30-36(47-39(44)34-28-24-19-17-14-12-10-8-6-4-2)31-26-22-20-23-27-33-38(43)42-37(40(45)46)32-29-35-41/h36-37H,3-35,41H2,1-2H3,(H,42,43)(H,45,46). The molecule has 0 fully saturated rings. The van der Waals surface area contributed by atoms with Crippen molar-refractivity contribution in [3.8, 4) is 0 Å². The lowest BCUT2D eigenvalue weighted by Gasteiger charge is -2.18. The first-order valence-electron chi connectivity index (χ1n) is 20.4. The molecule has 278 valence electrons. The fraction of sp³-hybridized carbons (Fsp3) is 0.925. The van der Waals surface area contributed by atoms with Gasteiger partial charge in [0.15, 0.2) is 0 Å². The van der Waals surface area contributed by atoms with Gasteiger partial charge in [0.1, 0.15) is 12.1 Å². The molecule has 7 nitrogen and oxygen atoms in total. The molecule has 0 heterocycles. The van der Waals surface area contributed by atoms with E-state index in [1.807, 2.05) is 0 Å². The van der Waals surface area contributed by atoms with E-state index in [1.54, 1.807) is 0 Å². The molecule has 7 heteroatoms. The van der Waals surface area contributed by atoms with Crippen LogP contribution in [0.3, 0.4) is 0 Å². The number of hydrogen-bond acceptors (Lipinski definition) is 5. The second kappa shape index (κ2) is 35.7. The highest BCUT2D eigenvalue weighted by molar-refractivity contribution is 5.83. The van der Waals surface area contributed by atoms with Gasteiger partial charge in [0, 0.05) is 12.8 Å². The third-order valence-electron chi connectivity index (χ3n) is 9.42. The molecule has 0 saturated heterocycles. The summed E-state index contributed by atoms with van der Waals surface area (Å²) < 4.78 is 6.02. The molecule has 0 saturated carbocycles. The Morgan fingerprint density at radius 1 is 0.532 bits per heavy atom. The molecule has 0 rings (SSSR count). The lowest BCUT2D eigenvalue weighted by Crippen LogP contribution is -2.40. The summed E-state index contributed by atoms with van der Waals surface area (Å²) in [5, 5.41) is 11.9. The topological polar surface area (TPSA) is 119 Å². The van der Waals surface area contributed by atoms with Crippen molar-refractivity contribution < 1.29 is 24.2 Å². The van der Waals surface area contributed by atoms with Gasteiger partial charge in [-0.25, -0.2) is 4.79 Å². The minimum absolute atomic E-state index is 0.0187. The van der Waals surface area contributed by atoms with E-state index in [0.29, 0.717) is 32.2 Å². The zero-order valence-corrected chi connectivity index (χ0v) is 31.1. The van der Waals surface area contributed by atoms with Crippen LogP contribution in [0.25, 0.3) is 0 Å². The molecule has 2 unspecified atom stereocenters. The van der Waals surface area contributed by atoms with Crippen molar-refractivity contribution >= 4 is 17.8 Å². The lowest BCUT2D eigenvalue weighted by molar-refractivity contribution is -0.150. The number of carboxylic acid groups (broad SMARTS) is 1. The first kappa shape index (κ1) is 45.4. The molecule has 0 aromatic carbocycles. The number of amides is 1. The van der Waals surface area contributed by atoms with Crippen LogP contribution in [0.15, 0.2) is 0 Å². The van der Waals surface area contributed by atoms with Crippen molar-refractivity contribution in [3.63, 3.8) is 0 Å². The molecule has 47 heavy (non-hydrogen) atoms.